The SMILES string of the molecule is CC(C)N1CCC(NC(=O)CCc2ccc(Cl)cc2)CC1. The number of nitrogens with one attached hydrogen (secondary N) is 1. The Hall–Kier alpha value is -1.06. The number of amides is 1. The molecule has 116 valence electrons. The van der Waals surface area contributed by atoms with E-state index < -0.39 is 0 Å². The molecule has 0 atom stereocenters. The van der Waals surface area contributed by atoms with Crippen molar-refractivity contribution in [2.24, 2.45) is 0 Å². The molecule has 1 fully saturated rings. The first kappa shape index (κ1) is 16.3. The van der Waals surface area contributed by atoms with Crippen LogP contribution in [0.1, 0.15) is 38.7 Å². The fraction of sp³-hybridized carbons (Fsp3) is 0.588. The largest absolute Gasteiger partial charge is 0.353 e. The van der Waals surface area contributed by atoms with Gasteiger partial charge in [-0.05, 0) is 50.8 Å². The van der Waals surface area contributed by atoms with Gasteiger partial charge in [0.2, 0.25) is 5.91 Å². The second-order valence-corrected chi connectivity index (χ2v) is 6.53. The van der Waals surface area contributed by atoms with Crippen LogP contribution in [0.2, 0.25) is 5.02 Å². The molecule has 0 spiro atoms. The molecule has 21 heavy (non-hydrogen) atoms. The Morgan fingerprint density at radius 1 is 1.29 bits per heavy atom. The molecule has 1 amide bonds. The van der Waals surface area contributed by atoms with Crippen molar-refractivity contribution in [3.8, 4) is 0 Å². The zero-order valence-corrected chi connectivity index (χ0v) is 13.7. The van der Waals surface area contributed by atoms with Gasteiger partial charge in [0.05, 0.1) is 0 Å². The van der Waals surface area contributed by atoms with E-state index in [9.17, 15) is 4.79 Å². The monoisotopic (exact) mass is 308 g/mol. The van der Waals surface area contributed by atoms with Gasteiger partial charge in [0.1, 0.15) is 0 Å². The summed E-state index contributed by atoms with van der Waals surface area (Å²) >= 11 is 5.85. The summed E-state index contributed by atoms with van der Waals surface area (Å²) < 4.78 is 0. The molecule has 0 aromatic heterocycles. The van der Waals surface area contributed by atoms with E-state index in [4.69, 9.17) is 11.6 Å². The van der Waals surface area contributed by atoms with Gasteiger partial charge in [-0.25, -0.2) is 0 Å². The molecule has 0 radical (unpaired) electrons. The van der Waals surface area contributed by atoms with Crippen molar-refractivity contribution < 1.29 is 4.79 Å². The quantitative estimate of drug-likeness (QED) is 0.905. The van der Waals surface area contributed by atoms with E-state index in [2.05, 4.69) is 24.1 Å². The summed E-state index contributed by atoms with van der Waals surface area (Å²) in [6.07, 6.45) is 3.44. The molecule has 4 heteroatoms. The molecular formula is C17H25ClN2O. The van der Waals surface area contributed by atoms with Crippen LogP contribution in [-0.4, -0.2) is 36.0 Å². The van der Waals surface area contributed by atoms with Crippen LogP contribution in [0.4, 0.5) is 0 Å². The van der Waals surface area contributed by atoms with Crippen molar-refractivity contribution in [1.29, 1.82) is 0 Å². The normalized spacial score (nSPS) is 17.1. The molecule has 1 heterocycles. The zero-order valence-electron chi connectivity index (χ0n) is 12.9. The fourth-order valence-corrected chi connectivity index (χ4v) is 2.89. The van der Waals surface area contributed by atoms with Gasteiger partial charge in [0.15, 0.2) is 0 Å². The van der Waals surface area contributed by atoms with Gasteiger partial charge >= 0.3 is 0 Å². The standard InChI is InChI=1S/C17H25ClN2O/c1-13(2)20-11-9-16(10-12-20)19-17(21)8-5-14-3-6-15(18)7-4-14/h3-4,6-7,13,16H,5,8-12H2,1-2H3,(H,19,21). The summed E-state index contributed by atoms with van der Waals surface area (Å²) in [6.45, 7) is 6.62. The molecule has 1 aromatic rings. The van der Waals surface area contributed by atoms with Gasteiger partial charge in [-0.1, -0.05) is 23.7 Å². The van der Waals surface area contributed by atoms with E-state index in [1.165, 1.54) is 0 Å². The number of piperidine rings is 1. The van der Waals surface area contributed by atoms with Gasteiger partial charge in [-0.15, -0.1) is 0 Å². The van der Waals surface area contributed by atoms with E-state index >= 15 is 0 Å². The third kappa shape index (κ3) is 5.33. The van der Waals surface area contributed by atoms with Crippen molar-refractivity contribution in [2.45, 2.75) is 51.6 Å². The molecule has 1 aromatic carbocycles. The summed E-state index contributed by atoms with van der Waals surface area (Å²) in [4.78, 5) is 14.5. The molecule has 1 aliphatic heterocycles. The van der Waals surface area contributed by atoms with Crippen LogP contribution in [0, 0.1) is 0 Å². The highest BCUT2D eigenvalue weighted by Crippen LogP contribution is 2.14. The maximum atomic E-state index is 12.0. The summed E-state index contributed by atoms with van der Waals surface area (Å²) in [6, 6.07) is 8.66. The van der Waals surface area contributed by atoms with Gasteiger partial charge < -0.3 is 10.2 Å². The maximum Gasteiger partial charge on any atom is 0.220 e. The van der Waals surface area contributed by atoms with Crippen LogP contribution in [0.15, 0.2) is 24.3 Å². The summed E-state index contributed by atoms with van der Waals surface area (Å²) in [5.74, 6) is 0.160. The number of halogens is 1. The first-order valence-electron chi connectivity index (χ1n) is 7.82. The lowest BCUT2D eigenvalue weighted by Crippen LogP contribution is -2.46. The molecule has 0 saturated carbocycles. The second kappa shape index (κ2) is 7.81. The highest BCUT2D eigenvalue weighted by Gasteiger charge is 2.21. The number of rotatable bonds is 5. The maximum absolute atomic E-state index is 12.0. The fourth-order valence-electron chi connectivity index (χ4n) is 2.77. The molecule has 1 N–H and O–H groups in total. The Kier molecular flexibility index (Phi) is 6.07. The van der Waals surface area contributed by atoms with Gasteiger partial charge in [0, 0.05) is 36.6 Å². The third-order valence-electron chi connectivity index (χ3n) is 4.18. The topological polar surface area (TPSA) is 32.3 Å². The number of carbonyl (C=O) groups excluding carboxylic acids is 1. The molecule has 0 unspecified atom stereocenters. The Bertz CT molecular complexity index is 450. The van der Waals surface area contributed by atoms with Crippen LogP contribution < -0.4 is 5.32 Å². The van der Waals surface area contributed by atoms with E-state index in [1.54, 1.807) is 0 Å². The Morgan fingerprint density at radius 2 is 1.90 bits per heavy atom. The Balaban J connectivity index is 1.69. The molecule has 0 aliphatic carbocycles. The van der Waals surface area contributed by atoms with Gasteiger partial charge in [-0.3, -0.25) is 4.79 Å². The highest BCUT2D eigenvalue weighted by molar-refractivity contribution is 6.30. The molecular weight excluding hydrogens is 284 g/mol. The minimum absolute atomic E-state index is 0.160. The van der Waals surface area contributed by atoms with E-state index in [0.29, 0.717) is 18.5 Å². The second-order valence-electron chi connectivity index (χ2n) is 6.10. The van der Waals surface area contributed by atoms with Crippen LogP contribution >= 0.6 is 11.6 Å². The lowest BCUT2D eigenvalue weighted by molar-refractivity contribution is -0.122. The number of hydrogen-bond acceptors (Lipinski definition) is 2. The molecule has 2 rings (SSSR count). The average molecular weight is 309 g/mol. The van der Waals surface area contributed by atoms with Crippen molar-refractivity contribution >= 4 is 17.5 Å². The minimum Gasteiger partial charge on any atom is -0.353 e. The van der Waals surface area contributed by atoms with Crippen molar-refractivity contribution in [3.63, 3.8) is 0 Å². The summed E-state index contributed by atoms with van der Waals surface area (Å²) in [5.41, 5.74) is 1.16. The number of hydrogen-bond donors (Lipinski definition) is 1. The number of carbonyl (C=O) groups is 1. The van der Waals surface area contributed by atoms with Gasteiger partial charge in [-0.2, -0.15) is 0 Å². The van der Waals surface area contributed by atoms with Crippen LogP contribution in [0.3, 0.4) is 0 Å². The predicted octanol–water partition coefficient (Wildman–Crippen LogP) is 3.26. The first-order valence-corrected chi connectivity index (χ1v) is 8.20. The minimum atomic E-state index is 0.160. The zero-order chi connectivity index (χ0) is 15.2. The lowest BCUT2D eigenvalue weighted by atomic mass is 10.0. The molecule has 3 nitrogen and oxygen atoms in total. The number of nitrogens with zero attached hydrogens (tertiary/aromatic N) is 1. The lowest BCUT2D eigenvalue weighted by Gasteiger charge is -2.34. The highest BCUT2D eigenvalue weighted by atomic mass is 35.5. The molecule has 0 bridgehead atoms. The predicted molar refractivity (Wildman–Crippen MR) is 87.6 cm³/mol. The van der Waals surface area contributed by atoms with E-state index in [1.807, 2.05) is 24.3 Å². The van der Waals surface area contributed by atoms with Crippen LogP contribution in [-0.2, 0) is 11.2 Å². The van der Waals surface area contributed by atoms with Crippen LogP contribution in [0.5, 0.6) is 0 Å². The third-order valence-corrected chi connectivity index (χ3v) is 4.43. The average Bonchev–Trinajstić information content (AvgIpc) is 2.47. The number of benzene rings is 1. The van der Waals surface area contributed by atoms with E-state index in [-0.39, 0.29) is 5.91 Å². The Morgan fingerprint density at radius 3 is 2.48 bits per heavy atom. The van der Waals surface area contributed by atoms with Crippen molar-refractivity contribution in [2.75, 3.05) is 13.1 Å². The van der Waals surface area contributed by atoms with Gasteiger partial charge in [0.25, 0.3) is 0 Å². The molecule has 1 aliphatic rings. The summed E-state index contributed by atoms with van der Waals surface area (Å²) in [7, 11) is 0. The number of likely N-dealkylation sites (tertiary alicyclic amines) is 1. The van der Waals surface area contributed by atoms with E-state index in [0.717, 1.165) is 42.9 Å². The van der Waals surface area contributed by atoms with Crippen molar-refractivity contribution in [1.82, 2.24) is 10.2 Å². The first-order chi connectivity index (χ1) is 10.0. The summed E-state index contributed by atoms with van der Waals surface area (Å²) in [5, 5.41) is 3.90. The van der Waals surface area contributed by atoms with Crippen LogP contribution in [0.25, 0.3) is 0 Å². The van der Waals surface area contributed by atoms with Crippen molar-refractivity contribution in [3.05, 3.63) is 34.9 Å². The smallest absolute Gasteiger partial charge is 0.220 e. The molecule has 1 saturated heterocycles. The Labute approximate surface area is 132 Å². The number of aryl methyl sites for hydroxylation is 1.